The molecule has 0 radical (unpaired) electrons. The Bertz CT molecular complexity index is 1150. The molecule has 4 rings (SSSR count). The van der Waals surface area contributed by atoms with Crippen molar-refractivity contribution in [3.63, 3.8) is 0 Å². The van der Waals surface area contributed by atoms with Crippen LogP contribution in [0.4, 0.5) is 16.3 Å². The number of fused-ring (bicyclic) bond motifs is 1. The molecule has 1 aliphatic heterocycles. The molecule has 2 aromatic rings. The van der Waals surface area contributed by atoms with Crippen LogP contribution in [0.2, 0.25) is 0 Å². The van der Waals surface area contributed by atoms with E-state index in [1.54, 1.807) is 12.1 Å². The lowest BCUT2D eigenvalue weighted by Gasteiger charge is -2.23. The Labute approximate surface area is 195 Å². The summed E-state index contributed by atoms with van der Waals surface area (Å²) in [4.78, 5) is 12.4. The Kier molecular flexibility index (Phi) is 6.17. The normalized spacial score (nSPS) is 21.8. The van der Waals surface area contributed by atoms with Gasteiger partial charge in [-0.3, -0.25) is 0 Å². The molecule has 10 heteroatoms. The number of hydrogen-bond donors (Lipinski definition) is 4. The largest absolute Gasteiger partial charge is 0.340 e. The topological polar surface area (TPSA) is 117 Å². The summed E-state index contributed by atoms with van der Waals surface area (Å²) in [6, 6.07) is 7.49. The molecule has 0 bridgehead atoms. The van der Waals surface area contributed by atoms with E-state index in [2.05, 4.69) is 47.5 Å². The van der Waals surface area contributed by atoms with Crippen molar-refractivity contribution in [2.24, 2.45) is 0 Å². The first-order valence-corrected chi connectivity index (χ1v) is 13.0. The van der Waals surface area contributed by atoms with Crippen molar-refractivity contribution in [2.75, 3.05) is 5.32 Å². The molecule has 2 heterocycles. The van der Waals surface area contributed by atoms with E-state index in [0.29, 0.717) is 11.4 Å². The number of amides is 2. The zero-order chi connectivity index (χ0) is 24.0. The molecule has 0 spiro atoms. The first-order chi connectivity index (χ1) is 15.4. The Morgan fingerprint density at radius 1 is 1.21 bits per heavy atom. The molecule has 0 saturated heterocycles. The van der Waals surface area contributed by atoms with E-state index in [-0.39, 0.29) is 29.6 Å². The highest BCUT2D eigenvalue weighted by Crippen LogP contribution is 2.37. The van der Waals surface area contributed by atoms with Gasteiger partial charge in [-0.15, -0.1) is 0 Å². The van der Waals surface area contributed by atoms with Gasteiger partial charge in [-0.2, -0.15) is 5.10 Å². The van der Waals surface area contributed by atoms with Gasteiger partial charge in [0, 0.05) is 36.3 Å². The summed E-state index contributed by atoms with van der Waals surface area (Å²) in [7, 11) is -3.38. The van der Waals surface area contributed by atoms with Crippen LogP contribution in [0, 0.1) is 0 Å². The quantitative estimate of drug-likeness (QED) is 0.529. The highest BCUT2D eigenvalue weighted by Gasteiger charge is 2.31. The third kappa shape index (κ3) is 5.16. The standard InChI is InChI=1S/C23H34N6O3S/c1-14(2)25-22(30)27-18-7-6-15(10-18)19-12-21(29(28-19)23(3,4)5)26-17-8-9-20-16(11-17)13-24-33(20,31)32/h8-9,11-12,14-15,18,24,26H,6-7,10,13H2,1-5H3,(H2,25,27,30). The van der Waals surface area contributed by atoms with Gasteiger partial charge in [0.05, 0.1) is 16.1 Å². The number of benzene rings is 1. The van der Waals surface area contributed by atoms with E-state index in [1.165, 1.54) is 0 Å². The van der Waals surface area contributed by atoms with E-state index in [0.717, 1.165) is 42.0 Å². The van der Waals surface area contributed by atoms with Gasteiger partial charge in [-0.1, -0.05) is 0 Å². The predicted octanol–water partition coefficient (Wildman–Crippen LogP) is 3.52. The zero-order valence-corrected chi connectivity index (χ0v) is 20.7. The van der Waals surface area contributed by atoms with Crippen LogP contribution in [-0.2, 0) is 22.1 Å². The Morgan fingerprint density at radius 3 is 2.67 bits per heavy atom. The summed E-state index contributed by atoms with van der Waals surface area (Å²) < 4.78 is 28.6. The second-order valence-corrected chi connectivity index (χ2v) is 12.0. The lowest BCUT2D eigenvalue weighted by molar-refractivity contribution is 0.234. The number of nitrogens with one attached hydrogen (secondary N) is 4. The van der Waals surface area contributed by atoms with Crippen molar-refractivity contribution in [3.05, 3.63) is 35.5 Å². The molecule has 4 N–H and O–H groups in total. The maximum atomic E-state index is 12.1. The lowest BCUT2D eigenvalue weighted by atomic mass is 10.0. The molecule has 1 aromatic carbocycles. The third-order valence-electron chi connectivity index (χ3n) is 6.04. The minimum atomic E-state index is -3.38. The summed E-state index contributed by atoms with van der Waals surface area (Å²) in [5, 5.41) is 14.3. The molecule has 33 heavy (non-hydrogen) atoms. The summed E-state index contributed by atoms with van der Waals surface area (Å²) in [5.74, 6) is 1.13. The zero-order valence-electron chi connectivity index (χ0n) is 19.9. The van der Waals surface area contributed by atoms with E-state index < -0.39 is 10.0 Å². The van der Waals surface area contributed by atoms with E-state index in [4.69, 9.17) is 5.10 Å². The van der Waals surface area contributed by atoms with Crippen molar-refractivity contribution in [2.45, 2.75) is 88.9 Å². The monoisotopic (exact) mass is 474 g/mol. The van der Waals surface area contributed by atoms with Gasteiger partial charge >= 0.3 is 6.03 Å². The van der Waals surface area contributed by atoms with Crippen molar-refractivity contribution in [3.8, 4) is 0 Å². The SMILES string of the molecule is CC(C)NC(=O)NC1CCC(c2cc(Nc3ccc4c(c3)CNS4(=O)=O)n(C(C)(C)C)n2)C1. The minimum absolute atomic E-state index is 0.105. The minimum Gasteiger partial charge on any atom is -0.340 e. The molecule has 2 aliphatic rings. The van der Waals surface area contributed by atoms with Gasteiger partial charge < -0.3 is 16.0 Å². The van der Waals surface area contributed by atoms with E-state index >= 15 is 0 Å². The van der Waals surface area contributed by atoms with E-state index in [1.807, 2.05) is 24.6 Å². The highest BCUT2D eigenvalue weighted by atomic mass is 32.2. The predicted molar refractivity (Wildman–Crippen MR) is 128 cm³/mol. The summed E-state index contributed by atoms with van der Waals surface area (Å²) in [6.07, 6.45) is 2.75. The fourth-order valence-electron chi connectivity index (χ4n) is 4.53. The van der Waals surface area contributed by atoms with Crippen LogP contribution in [0.3, 0.4) is 0 Å². The molecule has 1 saturated carbocycles. The molecule has 1 aliphatic carbocycles. The van der Waals surface area contributed by atoms with Crippen LogP contribution < -0.4 is 20.7 Å². The van der Waals surface area contributed by atoms with Crippen LogP contribution in [0.25, 0.3) is 0 Å². The van der Waals surface area contributed by atoms with Crippen molar-refractivity contribution in [1.82, 2.24) is 25.1 Å². The second-order valence-electron chi connectivity index (χ2n) is 10.3. The molecular weight excluding hydrogens is 440 g/mol. The summed E-state index contributed by atoms with van der Waals surface area (Å²) >= 11 is 0. The molecule has 1 fully saturated rings. The van der Waals surface area contributed by atoms with Crippen LogP contribution in [0.5, 0.6) is 0 Å². The average Bonchev–Trinajstić information content (AvgIpc) is 3.39. The number of hydrogen-bond acceptors (Lipinski definition) is 5. The number of urea groups is 1. The number of sulfonamides is 1. The highest BCUT2D eigenvalue weighted by molar-refractivity contribution is 7.89. The number of anilines is 2. The number of rotatable bonds is 5. The number of carbonyl (C=O) groups is 1. The van der Waals surface area contributed by atoms with Crippen molar-refractivity contribution in [1.29, 1.82) is 0 Å². The van der Waals surface area contributed by atoms with Gasteiger partial charge in [0.1, 0.15) is 5.82 Å². The Hall–Kier alpha value is -2.59. The first-order valence-electron chi connectivity index (χ1n) is 11.5. The number of nitrogens with zero attached hydrogens (tertiary/aromatic N) is 2. The lowest BCUT2D eigenvalue weighted by Crippen LogP contribution is -2.43. The maximum Gasteiger partial charge on any atom is 0.315 e. The Morgan fingerprint density at radius 2 is 1.97 bits per heavy atom. The third-order valence-corrected chi connectivity index (χ3v) is 7.55. The van der Waals surface area contributed by atoms with Gasteiger partial charge in [-0.05, 0) is 77.6 Å². The van der Waals surface area contributed by atoms with Gasteiger partial charge in [0.25, 0.3) is 0 Å². The molecule has 9 nitrogen and oxygen atoms in total. The summed E-state index contributed by atoms with van der Waals surface area (Å²) in [6.45, 7) is 10.5. The molecule has 2 atom stereocenters. The molecule has 2 unspecified atom stereocenters. The maximum absolute atomic E-state index is 12.1. The number of carbonyl (C=O) groups excluding carboxylic acids is 1. The van der Waals surface area contributed by atoms with Gasteiger partial charge in [0.15, 0.2) is 0 Å². The number of aromatic nitrogens is 2. The average molecular weight is 475 g/mol. The molecule has 180 valence electrons. The van der Waals surface area contributed by atoms with Crippen LogP contribution in [0.1, 0.15) is 71.1 Å². The van der Waals surface area contributed by atoms with Crippen LogP contribution in [0.15, 0.2) is 29.2 Å². The van der Waals surface area contributed by atoms with Crippen molar-refractivity contribution < 1.29 is 13.2 Å². The fraction of sp³-hybridized carbons (Fsp3) is 0.565. The van der Waals surface area contributed by atoms with E-state index in [9.17, 15) is 13.2 Å². The molecular formula is C23H34N6O3S. The molecule has 2 amide bonds. The van der Waals surface area contributed by atoms with Crippen molar-refractivity contribution >= 4 is 27.6 Å². The molecule has 1 aromatic heterocycles. The Balaban J connectivity index is 1.52. The van der Waals surface area contributed by atoms with Crippen LogP contribution >= 0.6 is 0 Å². The smallest absolute Gasteiger partial charge is 0.315 e. The van der Waals surface area contributed by atoms with Gasteiger partial charge in [0.2, 0.25) is 10.0 Å². The van der Waals surface area contributed by atoms with Crippen LogP contribution in [-0.4, -0.2) is 36.3 Å². The summed E-state index contributed by atoms with van der Waals surface area (Å²) in [5.41, 5.74) is 2.34. The second kappa shape index (κ2) is 8.64. The fourth-order valence-corrected chi connectivity index (χ4v) is 5.75. The first kappa shape index (κ1) is 23.6. The van der Waals surface area contributed by atoms with Gasteiger partial charge in [-0.25, -0.2) is 22.6 Å².